The van der Waals surface area contributed by atoms with E-state index in [1.807, 2.05) is 26.8 Å². The SMILES string of the molecule is Cc1cc(C)c(C(=O)COC(=O)C=Cc2ccccc2[N+](=O)[O-])cc1C. The van der Waals surface area contributed by atoms with Gasteiger partial charge >= 0.3 is 5.97 Å². The van der Waals surface area contributed by atoms with Gasteiger partial charge < -0.3 is 4.74 Å². The Balaban J connectivity index is 2.02. The van der Waals surface area contributed by atoms with E-state index in [2.05, 4.69) is 0 Å². The number of ketones is 1. The van der Waals surface area contributed by atoms with Crippen LogP contribution in [-0.4, -0.2) is 23.3 Å². The van der Waals surface area contributed by atoms with Crippen molar-refractivity contribution in [2.75, 3.05) is 6.61 Å². The summed E-state index contributed by atoms with van der Waals surface area (Å²) in [6.07, 6.45) is 2.37. The van der Waals surface area contributed by atoms with Crippen molar-refractivity contribution in [2.24, 2.45) is 0 Å². The van der Waals surface area contributed by atoms with Gasteiger partial charge in [0.05, 0.1) is 10.5 Å². The number of para-hydroxylation sites is 1. The lowest BCUT2D eigenvalue weighted by molar-refractivity contribution is -0.385. The first kappa shape index (κ1) is 19.1. The fourth-order valence-corrected chi connectivity index (χ4v) is 2.48. The van der Waals surface area contributed by atoms with E-state index in [9.17, 15) is 19.7 Å². The zero-order chi connectivity index (χ0) is 19.3. The quantitative estimate of drug-likeness (QED) is 0.258. The van der Waals surface area contributed by atoms with E-state index in [-0.39, 0.29) is 23.6 Å². The minimum absolute atomic E-state index is 0.113. The van der Waals surface area contributed by atoms with Gasteiger partial charge in [0.2, 0.25) is 5.78 Å². The molecule has 0 amide bonds. The Kier molecular flexibility index (Phi) is 6.01. The molecule has 0 bridgehead atoms. The van der Waals surface area contributed by atoms with Crippen LogP contribution in [0.5, 0.6) is 0 Å². The standard InChI is InChI=1S/C20H19NO5/c1-13-10-15(3)17(11-14(13)2)19(22)12-26-20(23)9-8-16-6-4-5-7-18(16)21(24)25/h4-11H,12H2,1-3H3. The van der Waals surface area contributed by atoms with Crippen molar-refractivity contribution in [1.29, 1.82) is 0 Å². The van der Waals surface area contributed by atoms with Crippen molar-refractivity contribution in [1.82, 2.24) is 0 Å². The largest absolute Gasteiger partial charge is 0.454 e. The lowest BCUT2D eigenvalue weighted by Crippen LogP contribution is -2.14. The van der Waals surface area contributed by atoms with Crippen LogP contribution >= 0.6 is 0 Å². The van der Waals surface area contributed by atoms with Gasteiger partial charge in [-0.15, -0.1) is 0 Å². The van der Waals surface area contributed by atoms with Crippen LogP contribution in [0.1, 0.15) is 32.6 Å². The molecule has 0 aliphatic carbocycles. The Morgan fingerprint density at radius 3 is 2.42 bits per heavy atom. The summed E-state index contributed by atoms with van der Waals surface area (Å²) in [6, 6.07) is 9.73. The van der Waals surface area contributed by atoms with E-state index in [0.29, 0.717) is 5.56 Å². The number of Topliss-reactive ketones (excluding diaryl/α,β-unsaturated/α-hetero) is 1. The predicted molar refractivity (Wildman–Crippen MR) is 98.1 cm³/mol. The average molecular weight is 353 g/mol. The van der Waals surface area contributed by atoms with E-state index >= 15 is 0 Å². The zero-order valence-corrected chi connectivity index (χ0v) is 14.8. The summed E-state index contributed by atoms with van der Waals surface area (Å²) in [7, 11) is 0. The normalized spacial score (nSPS) is 10.7. The summed E-state index contributed by atoms with van der Waals surface area (Å²) < 4.78 is 4.96. The number of ether oxygens (including phenoxy) is 1. The lowest BCUT2D eigenvalue weighted by Gasteiger charge is -2.09. The van der Waals surface area contributed by atoms with Crippen molar-refractivity contribution in [3.05, 3.63) is 80.4 Å². The van der Waals surface area contributed by atoms with Crippen molar-refractivity contribution < 1.29 is 19.2 Å². The van der Waals surface area contributed by atoms with Crippen LogP contribution in [-0.2, 0) is 9.53 Å². The van der Waals surface area contributed by atoms with Crippen molar-refractivity contribution >= 4 is 23.5 Å². The molecule has 0 radical (unpaired) electrons. The number of hydrogen-bond donors (Lipinski definition) is 0. The molecule has 0 spiro atoms. The molecular formula is C20H19NO5. The molecule has 2 aromatic carbocycles. The first-order chi connectivity index (χ1) is 12.3. The van der Waals surface area contributed by atoms with Crippen molar-refractivity contribution in [2.45, 2.75) is 20.8 Å². The van der Waals surface area contributed by atoms with Gasteiger partial charge in [-0.05, 0) is 55.7 Å². The number of aryl methyl sites for hydroxylation is 3. The maximum atomic E-state index is 12.3. The molecule has 0 saturated heterocycles. The molecule has 0 N–H and O–H groups in total. The molecule has 6 nitrogen and oxygen atoms in total. The highest BCUT2D eigenvalue weighted by Gasteiger charge is 2.13. The number of nitrogens with zero attached hydrogens (tertiary/aromatic N) is 1. The Bertz CT molecular complexity index is 899. The molecule has 0 unspecified atom stereocenters. The zero-order valence-electron chi connectivity index (χ0n) is 14.8. The third-order valence-corrected chi connectivity index (χ3v) is 4.02. The van der Waals surface area contributed by atoms with Crippen LogP contribution in [0.25, 0.3) is 6.08 Å². The number of nitro groups is 1. The Morgan fingerprint density at radius 1 is 1.08 bits per heavy atom. The van der Waals surface area contributed by atoms with E-state index in [1.165, 1.54) is 18.2 Å². The Hall–Kier alpha value is -3.28. The van der Waals surface area contributed by atoms with Gasteiger partial charge in [-0.2, -0.15) is 0 Å². The summed E-state index contributed by atoms with van der Waals surface area (Å²) in [4.78, 5) is 34.5. The van der Waals surface area contributed by atoms with Crippen LogP contribution in [0.2, 0.25) is 0 Å². The van der Waals surface area contributed by atoms with Crippen LogP contribution < -0.4 is 0 Å². The first-order valence-electron chi connectivity index (χ1n) is 7.99. The van der Waals surface area contributed by atoms with Gasteiger partial charge in [-0.3, -0.25) is 14.9 Å². The summed E-state index contributed by atoms with van der Waals surface area (Å²) in [5, 5.41) is 10.9. The maximum Gasteiger partial charge on any atom is 0.331 e. The molecular weight excluding hydrogens is 334 g/mol. The summed E-state index contributed by atoms with van der Waals surface area (Å²) in [6.45, 7) is 5.32. The molecule has 2 aromatic rings. The molecule has 0 saturated carbocycles. The lowest BCUT2D eigenvalue weighted by atomic mass is 9.98. The number of benzene rings is 2. The van der Waals surface area contributed by atoms with Gasteiger partial charge in [0, 0.05) is 17.7 Å². The van der Waals surface area contributed by atoms with Gasteiger partial charge in [0.1, 0.15) is 0 Å². The Morgan fingerprint density at radius 2 is 1.73 bits per heavy atom. The number of carbonyl (C=O) groups excluding carboxylic acids is 2. The van der Waals surface area contributed by atoms with Crippen molar-refractivity contribution in [3.8, 4) is 0 Å². The van der Waals surface area contributed by atoms with E-state index < -0.39 is 10.9 Å². The number of esters is 1. The van der Waals surface area contributed by atoms with E-state index in [1.54, 1.807) is 18.2 Å². The molecule has 0 fully saturated rings. The molecule has 0 aliphatic rings. The summed E-state index contributed by atoms with van der Waals surface area (Å²) >= 11 is 0. The molecule has 2 rings (SSSR count). The Labute approximate surface area is 151 Å². The number of hydrogen-bond acceptors (Lipinski definition) is 5. The topological polar surface area (TPSA) is 86.5 Å². The van der Waals surface area contributed by atoms with Crippen LogP contribution in [0.4, 0.5) is 5.69 Å². The van der Waals surface area contributed by atoms with E-state index in [4.69, 9.17) is 4.74 Å². The highest BCUT2D eigenvalue weighted by Crippen LogP contribution is 2.19. The molecule has 134 valence electrons. The molecule has 26 heavy (non-hydrogen) atoms. The van der Waals surface area contributed by atoms with Gasteiger partial charge in [0.15, 0.2) is 6.61 Å². The van der Waals surface area contributed by atoms with E-state index in [0.717, 1.165) is 22.8 Å². The highest BCUT2D eigenvalue weighted by atomic mass is 16.6. The minimum atomic E-state index is -0.738. The average Bonchev–Trinajstić information content (AvgIpc) is 2.61. The third kappa shape index (κ3) is 4.63. The van der Waals surface area contributed by atoms with Gasteiger partial charge in [-0.1, -0.05) is 18.2 Å². The molecule has 0 heterocycles. The van der Waals surface area contributed by atoms with Crippen LogP contribution in [0, 0.1) is 30.9 Å². The number of rotatable bonds is 6. The molecule has 0 aliphatic heterocycles. The first-order valence-corrected chi connectivity index (χ1v) is 7.99. The maximum absolute atomic E-state index is 12.3. The second-order valence-electron chi connectivity index (χ2n) is 5.93. The van der Waals surface area contributed by atoms with Crippen molar-refractivity contribution in [3.63, 3.8) is 0 Å². The van der Waals surface area contributed by atoms with Gasteiger partial charge in [-0.25, -0.2) is 4.79 Å². The minimum Gasteiger partial charge on any atom is -0.454 e. The second kappa shape index (κ2) is 8.20. The summed E-state index contributed by atoms with van der Waals surface area (Å²) in [5.41, 5.74) is 3.59. The van der Waals surface area contributed by atoms with Crippen LogP contribution in [0.15, 0.2) is 42.5 Å². The molecule has 0 aromatic heterocycles. The smallest absolute Gasteiger partial charge is 0.331 e. The fourth-order valence-electron chi connectivity index (χ4n) is 2.48. The second-order valence-corrected chi connectivity index (χ2v) is 5.93. The number of carbonyl (C=O) groups is 2. The van der Waals surface area contributed by atoms with Crippen LogP contribution in [0.3, 0.4) is 0 Å². The predicted octanol–water partition coefficient (Wildman–Crippen LogP) is 3.96. The third-order valence-electron chi connectivity index (χ3n) is 4.02. The monoisotopic (exact) mass is 353 g/mol. The molecule has 6 heteroatoms. The van der Waals surface area contributed by atoms with Gasteiger partial charge in [0.25, 0.3) is 5.69 Å². The summed E-state index contributed by atoms with van der Waals surface area (Å²) in [5.74, 6) is -1.03. The fraction of sp³-hybridized carbons (Fsp3) is 0.200. The highest BCUT2D eigenvalue weighted by molar-refractivity contribution is 6.00. The number of nitro benzene ring substituents is 1. The molecule has 0 atom stereocenters.